The molecule has 0 bridgehead atoms. The van der Waals surface area contributed by atoms with Crippen LogP contribution in [0.2, 0.25) is 0 Å². The van der Waals surface area contributed by atoms with Gasteiger partial charge < -0.3 is 4.90 Å². The second-order valence-electron chi connectivity index (χ2n) is 5.74. The maximum atomic E-state index is 13.9. The lowest BCUT2D eigenvalue weighted by Gasteiger charge is -2.28. The fourth-order valence-corrected chi connectivity index (χ4v) is 3.54. The van der Waals surface area contributed by atoms with Crippen molar-refractivity contribution >= 4 is 17.2 Å². The van der Waals surface area contributed by atoms with Crippen molar-refractivity contribution in [3.63, 3.8) is 0 Å². The molecule has 0 spiro atoms. The molecule has 1 aliphatic rings. The summed E-state index contributed by atoms with van der Waals surface area (Å²) in [6.45, 7) is 1.85. The standard InChI is InChI=1S/C16H18FN5S/c1-21(15-3-2-12(7-18)8-20-15)10-14-6-13(17)9-22(14)11-16-19-4-5-23-16/h2-5,8,13-14H,6,9-11H2,1H3/t13-,14-/m0/s1. The summed E-state index contributed by atoms with van der Waals surface area (Å²) in [7, 11) is 1.95. The fraction of sp³-hybridized carbons (Fsp3) is 0.438. The summed E-state index contributed by atoms with van der Waals surface area (Å²) in [5.41, 5.74) is 0.539. The summed E-state index contributed by atoms with van der Waals surface area (Å²) in [5, 5.41) is 11.8. The maximum Gasteiger partial charge on any atom is 0.128 e. The van der Waals surface area contributed by atoms with Crippen molar-refractivity contribution in [3.8, 4) is 6.07 Å². The van der Waals surface area contributed by atoms with Gasteiger partial charge in [0.1, 0.15) is 23.1 Å². The Morgan fingerprint density at radius 2 is 2.35 bits per heavy atom. The topological polar surface area (TPSA) is 56.0 Å². The minimum atomic E-state index is -0.790. The minimum Gasteiger partial charge on any atom is -0.358 e. The number of hydrogen-bond donors (Lipinski definition) is 0. The molecule has 1 aliphatic heterocycles. The molecular formula is C16H18FN5S. The summed E-state index contributed by atoms with van der Waals surface area (Å²) in [6.07, 6.45) is 3.09. The first-order valence-corrected chi connectivity index (χ1v) is 8.37. The number of likely N-dealkylation sites (N-methyl/N-ethyl adjacent to an activating group) is 1. The number of nitriles is 1. The Kier molecular flexibility index (Phi) is 4.84. The summed E-state index contributed by atoms with van der Waals surface area (Å²) < 4.78 is 13.9. The molecular weight excluding hydrogens is 313 g/mol. The monoisotopic (exact) mass is 331 g/mol. The van der Waals surface area contributed by atoms with Gasteiger partial charge in [0.25, 0.3) is 0 Å². The fourth-order valence-electron chi connectivity index (χ4n) is 2.90. The molecule has 5 nitrogen and oxygen atoms in total. The normalized spacial score (nSPS) is 21.3. The SMILES string of the molecule is CN(C[C@@H]1C[C@H](F)CN1Cc1nccs1)c1ccc(C#N)cn1. The predicted octanol–water partition coefficient (Wildman–Crippen LogP) is 2.46. The number of rotatable bonds is 5. The molecule has 0 unspecified atom stereocenters. The highest BCUT2D eigenvalue weighted by atomic mass is 32.1. The van der Waals surface area contributed by atoms with E-state index in [9.17, 15) is 4.39 Å². The molecule has 2 aromatic heterocycles. The molecule has 2 atom stereocenters. The lowest BCUT2D eigenvalue weighted by Crippen LogP contribution is -2.38. The molecule has 0 radical (unpaired) electrons. The van der Waals surface area contributed by atoms with Crippen LogP contribution in [-0.4, -0.2) is 47.2 Å². The Hall–Kier alpha value is -2.04. The van der Waals surface area contributed by atoms with Crippen molar-refractivity contribution in [2.45, 2.75) is 25.2 Å². The second-order valence-corrected chi connectivity index (χ2v) is 6.72. The molecule has 0 aromatic carbocycles. The first kappa shape index (κ1) is 15.8. The van der Waals surface area contributed by atoms with E-state index in [0.29, 0.717) is 31.6 Å². The summed E-state index contributed by atoms with van der Waals surface area (Å²) in [5.74, 6) is 0.792. The molecule has 7 heteroatoms. The number of thiazole rings is 1. The van der Waals surface area contributed by atoms with Crippen LogP contribution in [0.4, 0.5) is 10.2 Å². The van der Waals surface area contributed by atoms with E-state index >= 15 is 0 Å². The molecule has 3 rings (SSSR count). The molecule has 3 heterocycles. The van der Waals surface area contributed by atoms with E-state index in [-0.39, 0.29) is 6.04 Å². The highest BCUT2D eigenvalue weighted by Gasteiger charge is 2.33. The Morgan fingerprint density at radius 1 is 1.48 bits per heavy atom. The Balaban J connectivity index is 1.65. The number of anilines is 1. The van der Waals surface area contributed by atoms with Crippen LogP contribution in [-0.2, 0) is 6.54 Å². The zero-order chi connectivity index (χ0) is 16.2. The molecule has 1 fully saturated rings. The lowest BCUT2D eigenvalue weighted by molar-refractivity contribution is 0.237. The molecule has 0 saturated carbocycles. The van der Waals surface area contributed by atoms with Gasteiger partial charge in [-0.15, -0.1) is 11.3 Å². The Bertz CT molecular complexity index is 667. The van der Waals surface area contributed by atoms with Crippen molar-refractivity contribution in [2.75, 3.05) is 25.0 Å². The third-order valence-electron chi connectivity index (χ3n) is 4.05. The minimum absolute atomic E-state index is 0.136. The first-order valence-electron chi connectivity index (χ1n) is 7.49. The van der Waals surface area contributed by atoms with Crippen molar-refractivity contribution in [3.05, 3.63) is 40.5 Å². The quantitative estimate of drug-likeness (QED) is 0.842. The van der Waals surface area contributed by atoms with Crippen molar-refractivity contribution in [2.24, 2.45) is 0 Å². The van der Waals surface area contributed by atoms with Gasteiger partial charge in [-0.25, -0.2) is 14.4 Å². The van der Waals surface area contributed by atoms with Crippen LogP contribution in [0.1, 0.15) is 17.0 Å². The van der Waals surface area contributed by atoms with Gasteiger partial charge in [-0.1, -0.05) is 0 Å². The second kappa shape index (κ2) is 7.02. The number of pyridine rings is 1. The highest BCUT2D eigenvalue weighted by molar-refractivity contribution is 7.09. The van der Waals surface area contributed by atoms with Gasteiger partial charge >= 0.3 is 0 Å². The lowest BCUT2D eigenvalue weighted by atomic mass is 10.2. The van der Waals surface area contributed by atoms with Gasteiger partial charge in [-0.2, -0.15) is 5.26 Å². The summed E-state index contributed by atoms with van der Waals surface area (Å²) in [4.78, 5) is 12.8. The summed E-state index contributed by atoms with van der Waals surface area (Å²) in [6, 6.07) is 5.77. The Morgan fingerprint density at radius 3 is 3.00 bits per heavy atom. The van der Waals surface area contributed by atoms with Crippen LogP contribution in [0.25, 0.3) is 0 Å². The van der Waals surface area contributed by atoms with E-state index in [0.717, 1.165) is 10.8 Å². The van der Waals surface area contributed by atoms with E-state index in [1.807, 2.05) is 23.4 Å². The highest BCUT2D eigenvalue weighted by Crippen LogP contribution is 2.25. The van der Waals surface area contributed by atoms with Gasteiger partial charge in [0.15, 0.2) is 0 Å². The van der Waals surface area contributed by atoms with E-state index in [2.05, 4.69) is 20.9 Å². The van der Waals surface area contributed by atoms with Crippen molar-refractivity contribution < 1.29 is 4.39 Å². The van der Waals surface area contributed by atoms with E-state index < -0.39 is 6.17 Å². The van der Waals surface area contributed by atoms with Crippen molar-refractivity contribution in [1.29, 1.82) is 5.26 Å². The number of likely N-dealkylation sites (tertiary alicyclic amines) is 1. The smallest absolute Gasteiger partial charge is 0.128 e. The van der Waals surface area contributed by atoms with Crippen LogP contribution in [0.5, 0.6) is 0 Å². The van der Waals surface area contributed by atoms with Gasteiger partial charge in [-0.05, 0) is 18.6 Å². The largest absolute Gasteiger partial charge is 0.358 e. The molecule has 120 valence electrons. The molecule has 1 saturated heterocycles. The molecule has 0 N–H and O–H groups in total. The molecule has 0 amide bonds. The zero-order valence-electron chi connectivity index (χ0n) is 12.9. The van der Waals surface area contributed by atoms with Crippen LogP contribution in [0, 0.1) is 11.3 Å². The van der Waals surface area contributed by atoms with E-state index in [1.54, 1.807) is 29.8 Å². The van der Waals surface area contributed by atoms with Gasteiger partial charge in [-0.3, -0.25) is 4.90 Å². The third-order valence-corrected chi connectivity index (χ3v) is 4.82. The average Bonchev–Trinajstić information content (AvgIpc) is 3.18. The van der Waals surface area contributed by atoms with Crippen LogP contribution >= 0.6 is 11.3 Å². The zero-order valence-corrected chi connectivity index (χ0v) is 13.7. The molecule has 23 heavy (non-hydrogen) atoms. The molecule has 2 aromatic rings. The number of hydrogen-bond acceptors (Lipinski definition) is 6. The summed E-state index contributed by atoms with van der Waals surface area (Å²) >= 11 is 1.60. The number of aromatic nitrogens is 2. The maximum absolute atomic E-state index is 13.9. The van der Waals surface area contributed by atoms with Gasteiger partial charge in [0.05, 0.1) is 12.1 Å². The Labute approximate surface area is 139 Å². The van der Waals surface area contributed by atoms with Crippen LogP contribution in [0.3, 0.4) is 0 Å². The third kappa shape index (κ3) is 3.84. The number of alkyl halides is 1. The van der Waals surface area contributed by atoms with Gasteiger partial charge in [0, 0.05) is 44.0 Å². The van der Waals surface area contributed by atoms with Crippen molar-refractivity contribution in [1.82, 2.24) is 14.9 Å². The van der Waals surface area contributed by atoms with E-state index in [1.165, 1.54) is 0 Å². The average molecular weight is 331 g/mol. The number of nitrogens with zero attached hydrogens (tertiary/aromatic N) is 5. The number of halogens is 1. The van der Waals surface area contributed by atoms with Crippen LogP contribution in [0.15, 0.2) is 29.9 Å². The molecule has 0 aliphatic carbocycles. The first-order chi connectivity index (χ1) is 11.2. The predicted molar refractivity (Wildman–Crippen MR) is 88.0 cm³/mol. The van der Waals surface area contributed by atoms with Gasteiger partial charge in [0.2, 0.25) is 0 Å². The van der Waals surface area contributed by atoms with E-state index in [4.69, 9.17) is 5.26 Å². The van der Waals surface area contributed by atoms with Crippen LogP contribution < -0.4 is 4.90 Å².